The molecule has 0 radical (unpaired) electrons. The largest absolute Gasteiger partial charge is 1.00 e. The second kappa shape index (κ2) is 5.24. The Morgan fingerprint density at radius 1 is 1.50 bits per heavy atom. The summed E-state index contributed by atoms with van der Waals surface area (Å²) in [6.45, 7) is 5.20. The molecule has 0 aromatic rings. The van der Waals surface area contributed by atoms with Crippen molar-refractivity contribution in [3.8, 4) is 0 Å². The molecule has 1 unspecified atom stereocenters. The first kappa shape index (κ1) is 10.6. The Morgan fingerprint density at radius 3 is 2.60 bits per heavy atom. The van der Waals surface area contributed by atoms with Crippen molar-refractivity contribution >= 4 is 0 Å². The fourth-order valence-electron chi connectivity index (χ4n) is 1.51. The second-order valence-corrected chi connectivity index (χ2v) is 2.92. The van der Waals surface area contributed by atoms with E-state index < -0.39 is 0 Å². The van der Waals surface area contributed by atoms with Crippen LogP contribution in [0.1, 0.15) is 25.7 Å². The minimum absolute atomic E-state index is 0. The molecule has 54 valence electrons. The molecule has 0 aromatic heterocycles. The van der Waals surface area contributed by atoms with E-state index in [0.29, 0.717) is 0 Å². The van der Waals surface area contributed by atoms with E-state index in [2.05, 4.69) is 18.9 Å². The molecule has 1 nitrogen and oxygen atoms in total. The maximum absolute atomic E-state index is 3.92. The quantitative estimate of drug-likeness (QED) is 0.317. The van der Waals surface area contributed by atoms with Crippen molar-refractivity contribution in [2.24, 2.45) is 0 Å². The monoisotopic (exact) mass is 133 g/mol. The van der Waals surface area contributed by atoms with E-state index >= 15 is 0 Å². The Labute approximate surface area is 76.3 Å². The molecule has 1 saturated heterocycles. The second-order valence-electron chi connectivity index (χ2n) is 2.92. The molecule has 1 heterocycles. The number of piperidine rings is 1. The van der Waals surface area contributed by atoms with E-state index in [1.165, 1.54) is 25.8 Å². The van der Waals surface area contributed by atoms with Crippen LogP contribution in [0, 0.1) is 6.92 Å². The van der Waals surface area contributed by atoms with Gasteiger partial charge < -0.3 is 11.8 Å². The van der Waals surface area contributed by atoms with Crippen LogP contribution in [0.15, 0.2) is 0 Å². The third-order valence-electron chi connectivity index (χ3n) is 2.25. The van der Waals surface area contributed by atoms with Gasteiger partial charge in [-0.3, -0.25) is 0 Å². The molecule has 0 aromatic carbocycles. The maximum atomic E-state index is 3.92. The zero-order valence-corrected chi connectivity index (χ0v) is 7.27. The molecular formula is C8H16LiN. The van der Waals surface area contributed by atoms with Gasteiger partial charge in [-0.25, -0.2) is 0 Å². The van der Waals surface area contributed by atoms with Gasteiger partial charge in [-0.15, -0.1) is 0 Å². The number of nitrogens with zero attached hydrogens (tertiary/aromatic N) is 1. The van der Waals surface area contributed by atoms with Crippen LogP contribution in [0.5, 0.6) is 0 Å². The van der Waals surface area contributed by atoms with Crippen molar-refractivity contribution in [3.63, 3.8) is 0 Å². The van der Waals surface area contributed by atoms with Crippen molar-refractivity contribution in [2.45, 2.75) is 31.7 Å². The molecule has 0 bridgehead atoms. The molecular weight excluding hydrogens is 117 g/mol. The Hall–Kier alpha value is 0.557. The molecule has 1 aliphatic heterocycles. The van der Waals surface area contributed by atoms with Crippen molar-refractivity contribution in [1.82, 2.24) is 4.90 Å². The van der Waals surface area contributed by atoms with Gasteiger partial charge in [-0.2, -0.15) is 6.42 Å². The average molecular weight is 133 g/mol. The third kappa shape index (κ3) is 2.66. The summed E-state index contributed by atoms with van der Waals surface area (Å²) in [6.07, 6.45) is 5.23. The summed E-state index contributed by atoms with van der Waals surface area (Å²) in [4.78, 5) is 2.43. The molecule has 0 amide bonds. The third-order valence-corrected chi connectivity index (χ3v) is 2.25. The first-order valence-corrected chi connectivity index (χ1v) is 3.84. The topological polar surface area (TPSA) is 3.24 Å². The van der Waals surface area contributed by atoms with Crippen molar-refractivity contribution in [3.05, 3.63) is 6.92 Å². The van der Waals surface area contributed by atoms with Gasteiger partial charge in [0.1, 0.15) is 0 Å². The Balaban J connectivity index is 0.000000810. The van der Waals surface area contributed by atoms with E-state index in [4.69, 9.17) is 0 Å². The number of rotatable bonds is 1. The Morgan fingerprint density at radius 2 is 2.20 bits per heavy atom. The number of likely N-dealkylation sites (tertiary alicyclic amines) is 1. The summed E-state index contributed by atoms with van der Waals surface area (Å²) in [7, 11) is 2.20. The van der Waals surface area contributed by atoms with E-state index in [1.807, 2.05) is 0 Å². The first-order chi connectivity index (χ1) is 4.34. The van der Waals surface area contributed by atoms with Gasteiger partial charge in [0.15, 0.2) is 0 Å². The minimum Gasteiger partial charge on any atom is -0.342 e. The van der Waals surface area contributed by atoms with E-state index in [1.54, 1.807) is 0 Å². The summed E-state index contributed by atoms with van der Waals surface area (Å²) >= 11 is 0. The number of hydrogen-bond acceptors (Lipinski definition) is 1. The zero-order chi connectivity index (χ0) is 6.69. The SMILES string of the molecule is [CH2-]CC1CCCCN1C.[Li+]. The van der Waals surface area contributed by atoms with Crippen LogP contribution in [0.4, 0.5) is 0 Å². The van der Waals surface area contributed by atoms with Gasteiger partial charge in [0.25, 0.3) is 0 Å². The van der Waals surface area contributed by atoms with Crippen LogP contribution in [-0.4, -0.2) is 24.5 Å². The normalized spacial score (nSPS) is 27.6. The van der Waals surface area contributed by atoms with E-state index in [9.17, 15) is 0 Å². The van der Waals surface area contributed by atoms with Crippen LogP contribution in [0.2, 0.25) is 0 Å². The van der Waals surface area contributed by atoms with Gasteiger partial charge in [0.05, 0.1) is 0 Å². The molecule has 0 spiro atoms. The zero-order valence-electron chi connectivity index (χ0n) is 7.27. The summed E-state index contributed by atoms with van der Waals surface area (Å²) in [5.74, 6) is 0. The molecule has 1 fully saturated rings. The summed E-state index contributed by atoms with van der Waals surface area (Å²) in [5, 5.41) is 0. The van der Waals surface area contributed by atoms with Crippen molar-refractivity contribution in [2.75, 3.05) is 13.6 Å². The van der Waals surface area contributed by atoms with Crippen LogP contribution in [0.25, 0.3) is 0 Å². The minimum atomic E-state index is 0. The molecule has 0 aliphatic carbocycles. The van der Waals surface area contributed by atoms with Gasteiger partial charge in [0.2, 0.25) is 0 Å². The molecule has 0 N–H and O–H groups in total. The molecule has 1 rings (SSSR count). The van der Waals surface area contributed by atoms with Crippen LogP contribution >= 0.6 is 0 Å². The smallest absolute Gasteiger partial charge is 0.342 e. The summed E-state index contributed by atoms with van der Waals surface area (Å²) in [6, 6.07) is 0.777. The summed E-state index contributed by atoms with van der Waals surface area (Å²) < 4.78 is 0. The van der Waals surface area contributed by atoms with Crippen LogP contribution < -0.4 is 18.9 Å². The molecule has 0 saturated carbocycles. The van der Waals surface area contributed by atoms with Crippen LogP contribution in [0.3, 0.4) is 0 Å². The predicted molar refractivity (Wildman–Crippen MR) is 40.2 cm³/mol. The van der Waals surface area contributed by atoms with Crippen molar-refractivity contribution in [1.29, 1.82) is 0 Å². The predicted octanol–water partition coefficient (Wildman–Crippen LogP) is -1.30. The van der Waals surface area contributed by atoms with Gasteiger partial charge in [-0.05, 0) is 32.5 Å². The maximum Gasteiger partial charge on any atom is 1.00 e. The fraction of sp³-hybridized carbons (Fsp3) is 0.875. The first-order valence-electron chi connectivity index (χ1n) is 3.84. The van der Waals surface area contributed by atoms with Crippen LogP contribution in [-0.2, 0) is 0 Å². The van der Waals surface area contributed by atoms with Gasteiger partial charge in [0, 0.05) is 0 Å². The average Bonchev–Trinajstić information content (AvgIpc) is 1.89. The van der Waals surface area contributed by atoms with Gasteiger partial charge in [-0.1, -0.05) is 6.42 Å². The Bertz CT molecular complexity index is 85.3. The molecule has 10 heavy (non-hydrogen) atoms. The van der Waals surface area contributed by atoms with Gasteiger partial charge >= 0.3 is 18.9 Å². The standard InChI is InChI=1S/C8H16N.Li/c1-3-8-6-4-5-7-9(8)2;/h8H,1,3-7H2,2H3;/q-1;+1. The van der Waals surface area contributed by atoms with Crippen molar-refractivity contribution < 1.29 is 18.9 Å². The summed E-state index contributed by atoms with van der Waals surface area (Å²) in [5.41, 5.74) is 0. The van der Waals surface area contributed by atoms with E-state index in [0.717, 1.165) is 12.5 Å². The molecule has 1 aliphatic rings. The number of hydrogen-bond donors (Lipinski definition) is 0. The molecule has 1 atom stereocenters. The molecule has 2 heteroatoms. The Kier molecular flexibility index (Phi) is 5.53. The van der Waals surface area contributed by atoms with E-state index in [-0.39, 0.29) is 18.9 Å². The fourth-order valence-corrected chi connectivity index (χ4v) is 1.51.